The van der Waals surface area contributed by atoms with E-state index >= 15 is 0 Å². The van der Waals surface area contributed by atoms with Crippen LogP contribution in [0.4, 0.5) is 0 Å². The van der Waals surface area contributed by atoms with Crippen molar-refractivity contribution in [1.29, 1.82) is 0 Å². The summed E-state index contributed by atoms with van der Waals surface area (Å²) in [6, 6.07) is 3.69. The smallest absolute Gasteiger partial charge is 0.397 e. The van der Waals surface area contributed by atoms with Gasteiger partial charge >= 0.3 is 11.9 Å². The molecule has 0 aliphatic heterocycles. The zero-order chi connectivity index (χ0) is 12.3. The fraction of sp³-hybridized carbons (Fsp3) is 0.500. The minimum absolute atomic E-state index is 0.150. The van der Waals surface area contributed by atoms with Crippen LogP contribution in [-0.4, -0.2) is 29.4 Å². The van der Waals surface area contributed by atoms with Gasteiger partial charge in [0.2, 0.25) is 0 Å². The molecule has 0 radical (unpaired) electrons. The Kier molecular flexibility index (Phi) is 3.46. The number of amides is 1. The molecule has 0 saturated heterocycles. The zero-order valence-electron chi connectivity index (χ0n) is 9.72. The highest BCUT2D eigenvalue weighted by atomic mass is 16.5. The standard InChI is InChI=1S/C12H15NO4/c1-2-16-12(15)11(14)13(9-5-6-9)8-10-4-3-7-17-10/h3-4,7,9H,2,5-6,8H2,1H3. The molecule has 5 heteroatoms. The van der Waals surface area contributed by atoms with Gasteiger partial charge in [0, 0.05) is 6.04 Å². The summed E-state index contributed by atoms with van der Waals surface area (Å²) in [7, 11) is 0. The molecule has 1 aliphatic carbocycles. The van der Waals surface area contributed by atoms with Gasteiger partial charge in [0.15, 0.2) is 0 Å². The largest absolute Gasteiger partial charge is 0.467 e. The number of nitrogens with zero attached hydrogens (tertiary/aromatic N) is 1. The third-order valence-electron chi connectivity index (χ3n) is 2.60. The summed E-state index contributed by atoms with van der Waals surface area (Å²) in [5, 5.41) is 0. The van der Waals surface area contributed by atoms with Crippen LogP contribution in [0.2, 0.25) is 0 Å². The van der Waals surface area contributed by atoms with Gasteiger partial charge in [-0.2, -0.15) is 0 Å². The second-order valence-corrected chi connectivity index (χ2v) is 3.96. The maximum absolute atomic E-state index is 11.9. The van der Waals surface area contributed by atoms with Gasteiger partial charge in [-0.1, -0.05) is 0 Å². The molecule has 1 saturated carbocycles. The maximum Gasteiger partial charge on any atom is 0.397 e. The first-order valence-corrected chi connectivity index (χ1v) is 5.72. The number of furan rings is 1. The number of hydrogen-bond acceptors (Lipinski definition) is 4. The monoisotopic (exact) mass is 237 g/mol. The number of carbonyl (C=O) groups is 2. The molecule has 1 aromatic heterocycles. The van der Waals surface area contributed by atoms with E-state index < -0.39 is 11.9 Å². The van der Waals surface area contributed by atoms with E-state index in [-0.39, 0.29) is 12.6 Å². The second kappa shape index (κ2) is 5.03. The van der Waals surface area contributed by atoms with Crippen molar-refractivity contribution in [2.24, 2.45) is 0 Å². The number of carbonyl (C=O) groups excluding carboxylic acids is 2. The van der Waals surface area contributed by atoms with Crippen molar-refractivity contribution >= 4 is 11.9 Å². The molecule has 0 unspecified atom stereocenters. The predicted octanol–water partition coefficient (Wildman–Crippen LogP) is 1.33. The molecule has 0 spiro atoms. The van der Waals surface area contributed by atoms with Gasteiger partial charge < -0.3 is 14.1 Å². The fourth-order valence-electron chi connectivity index (χ4n) is 1.63. The lowest BCUT2D eigenvalue weighted by Gasteiger charge is -2.19. The van der Waals surface area contributed by atoms with Gasteiger partial charge in [-0.15, -0.1) is 0 Å². The van der Waals surface area contributed by atoms with Gasteiger partial charge in [-0.3, -0.25) is 4.79 Å². The topological polar surface area (TPSA) is 59.8 Å². The van der Waals surface area contributed by atoms with E-state index in [2.05, 4.69) is 0 Å². The quantitative estimate of drug-likeness (QED) is 0.585. The average Bonchev–Trinajstić information content (AvgIpc) is 3.03. The number of rotatable bonds is 4. The lowest BCUT2D eigenvalue weighted by atomic mass is 10.3. The van der Waals surface area contributed by atoms with Gasteiger partial charge in [0.1, 0.15) is 5.76 Å². The van der Waals surface area contributed by atoms with Gasteiger partial charge in [-0.25, -0.2) is 4.79 Å². The van der Waals surface area contributed by atoms with Crippen LogP contribution in [0, 0.1) is 0 Å². The first-order valence-electron chi connectivity index (χ1n) is 5.72. The second-order valence-electron chi connectivity index (χ2n) is 3.96. The number of ether oxygens (including phenoxy) is 1. The van der Waals surface area contributed by atoms with E-state index in [0.717, 1.165) is 12.8 Å². The average molecular weight is 237 g/mol. The summed E-state index contributed by atoms with van der Waals surface area (Å²) in [5.41, 5.74) is 0. The van der Waals surface area contributed by atoms with Gasteiger partial charge in [0.05, 0.1) is 19.4 Å². The Morgan fingerprint density at radius 3 is 2.82 bits per heavy atom. The summed E-state index contributed by atoms with van der Waals surface area (Å²) in [6.45, 7) is 2.22. The van der Waals surface area contributed by atoms with Crippen LogP contribution in [0.5, 0.6) is 0 Å². The summed E-state index contributed by atoms with van der Waals surface area (Å²) in [6.07, 6.45) is 3.42. The van der Waals surface area contributed by atoms with E-state index in [1.807, 2.05) is 0 Å². The molecule has 2 rings (SSSR count). The predicted molar refractivity (Wildman–Crippen MR) is 58.9 cm³/mol. The highest BCUT2D eigenvalue weighted by molar-refractivity contribution is 6.32. The maximum atomic E-state index is 11.9. The highest BCUT2D eigenvalue weighted by Crippen LogP contribution is 2.28. The number of esters is 1. The Balaban J connectivity index is 2.01. The molecule has 1 fully saturated rings. The SMILES string of the molecule is CCOC(=O)C(=O)N(Cc1ccco1)C1CC1. The van der Waals surface area contributed by atoms with Gasteiger partial charge in [-0.05, 0) is 31.9 Å². The molecular weight excluding hydrogens is 222 g/mol. The number of hydrogen-bond donors (Lipinski definition) is 0. The lowest BCUT2D eigenvalue weighted by molar-refractivity contribution is -0.160. The Morgan fingerprint density at radius 2 is 2.29 bits per heavy atom. The molecule has 0 N–H and O–H groups in total. The van der Waals surface area contributed by atoms with E-state index in [1.54, 1.807) is 25.3 Å². The van der Waals surface area contributed by atoms with Gasteiger partial charge in [0.25, 0.3) is 0 Å². The first-order chi connectivity index (χ1) is 8.22. The van der Waals surface area contributed by atoms with Crippen molar-refractivity contribution in [3.63, 3.8) is 0 Å². The molecule has 0 aromatic carbocycles. The third-order valence-corrected chi connectivity index (χ3v) is 2.60. The molecule has 1 heterocycles. The van der Waals surface area contributed by atoms with E-state index in [4.69, 9.17) is 9.15 Å². The highest BCUT2D eigenvalue weighted by Gasteiger charge is 2.36. The van der Waals surface area contributed by atoms with Crippen LogP contribution in [-0.2, 0) is 20.9 Å². The summed E-state index contributed by atoms with van der Waals surface area (Å²) < 4.78 is 9.91. The van der Waals surface area contributed by atoms with Crippen LogP contribution >= 0.6 is 0 Å². The minimum Gasteiger partial charge on any atom is -0.467 e. The van der Waals surface area contributed by atoms with Crippen LogP contribution in [0.25, 0.3) is 0 Å². The Hall–Kier alpha value is -1.78. The Morgan fingerprint density at radius 1 is 1.53 bits per heavy atom. The normalized spacial score (nSPS) is 14.4. The van der Waals surface area contributed by atoms with Crippen molar-refractivity contribution in [3.05, 3.63) is 24.2 Å². The minimum atomic E-state index is -0.786. The third kappa shape index (κ3) is 2.87. The summed E-state index contributed by atoms with van der Waals surface area (Å²) >= 11 is 0. The van der Waals surface area contributed by atoms with Crippen LogP contribution < -0.4 is 0 Å². The van der Waals surface area contributed by atoms with Crippen LogP contribution in [0.3, 0.4) is 0 Å². The molecule has 0 bridgehead atoms. The molecule has 17 heavy (non-hydrogen) atoms. The van der Waals surface area contributed by atoms with E-state index in [1.165, 1.54) is 4.90 Å². The van der Waals surface area contributed by atoms with Crippen molar-refractivity contribution in [1.82, 2.24) is 4.90 Å². The Bertz CT molecular complexity index is 395. The molecule has 92 valence electrons. The van der Waals surface area contributed by atoms with Crippen LogP contribution in [0.15, 0.2) is 22.8 Å². The Labute approximate surface area is 99.3 Å². The van der Waals surface area contributed by atoms with Crippen molar-refractivity contribution in [3.8, 4) is 0 Å². The molecular formula is C12H15NO4. The fourth-order valence-corrected chi connectivity index (χ4v) is 1.63. The lowest BCUT2D eigenvalue weighted by Crippen LogP contribution is -2.38. The molecule has 5 nitrogen and oxygen atoms in total. The van der Waals surface area contributed by atoms with Crippen LogP contribution in [0.1, 0.15) is 25.5 Å². The van der Waals surface area contributed by atoms with Crippen molar-refractivity contribution < 1.29 is 18.7 Å². The zero-order valence-corrected chi connectivity index (χ0v) is 9.72. The summed E-state index contributed by atoms with van der Waals surface area (Å²) in [4.78, 5) is 24.8. The molecule has 1 aliphatic rings. The van der Waals surface area contributed by atoms with E-state index in [0.29, 0.717) is 12.3 Å². The molecule has 0 atom stereocenters. The first kappa shape index (κ1) is 11.7. The summed E-state index contributed by atoms with van der Waals surface area (Å²) in [5.74, 6) is -0.689. The van der Waals surface area contributed by atoms with Crippen molar-refractivity contribution in [2.45, 2.75) is 32.4 Å². The van der Waals surface area contributed by atoms with Crippen molar-refractivity contribution in [2.75, 3.05) is 6.61 Å². The van der Waals surface area contributed by atoms with E-state index in [9.17, 15) is 9.59 Å². The molecule has 1 amide bonds. The molecule has 1 aromatic rings.